The topological polar surface area (TPSA) is 132 Å². The highest BCUT2D eigenvalue weighted by atomic mass is 16.5. The molecule has 0 unspecified atom stereocenters. The number of anilines is 1. The average molecular weight is 546 g/mol. The summed E-state index contributed by atoms with van der Waals surface area (Å²) in [5.74, 6) is -1.05. The lowest BCUT2D eigenvalue weighted by Gasteiger charge is -2.34. The first kappa shape index (κ1) is 28.6. The molecule has 0 aliphatic carbocycles. The van der Waals surface area contributed by atoms with Crippen molar-refractivity contribution in [2.45, 2.75) is 63.8 Å². The predicted octanol–water partition coefficient (Wildman–Crippen LogP) is 3.19. The van der Waals surface area contributed by atoms with Crippen molar-refractivity contribution >= 4 is 29.5 Å². The van der Waals surface area contributed by atoms with E-state index in [1.165, 1.54) is 23.8 Å². The quantitative estimate of drug-likeness (QED) is 0.524. The molecule has 2 N–H and O–H groups in total. The molecule has 210 valence electrons. The number of alkyl carbamates (subject to hydrolysis) is 1. The van der Waals surface area contributed by atoms with Crippen LogP contribution >= 0.6 is 0 Å². The number of hydrogen-bond acceptors (Lipinski definition) is 6. The van der Waals surface area contributed by atoms with E-state index in [0.717, 1.165) is 11.1 Å². The number of para-hydroxylation sites is 1. The summed E-state index contributed by atoms with van der Waals surface area (Å²) < 4.78 is 5.23. The highest BCUT2D eigenvalue weighted by molar-refractivity contribution is 6.07. The van der Waals surface area contributed by atoms with E-state index in [0.29, 0.717) is 12.1 Å². The van der Waals surface area contributed by atoms with Crippen LogP contribution in [0.2, 0.25) is 0 Å². The van der Waals surface area contributed by atoms with Crippen molar-refractivity contribution in [3.63, 3.8) is 0 Å². The minimum Gasteiger partial charge on any atom is -0.445 e. The van der Waals surface area contributed by atoms with E-state index in [2.05, 4.69) is 16.7 Å². The number of likely N-dealkylation sites (tertiary alicyclic amines) is 1. The fraction of sp³-hybridized carbons (Fsp3) is 0.433. The van der Waals surface area contributed by atoms with Crippen molar-refractivity contribution in [3.8, 4) is 6.07 Å². The maximum Gasteiger partial charge on any atom is 0.408 e. The molecule has 1 saturated heterocycles. The number of carbonyl (C=O) groups excluding carboxylic acids is 4. The smallest absolute Gasteiger partial charge is 0.408 e. The molecule has 0 aromatic heterocycles. The van der Waals surface area contributed by atoms with Crippen molar-refractivity contribution < 1.29 is 23.9 Å². The second-order valence-corrected chi connectivity index (χ2v) is 10.9. The third-order valence-electron chi connectivity index (χ3n) is 7.63. The molecule has 2 aliphatic heterocycles. The zero-order valence-electron chi connectivity index (χ0n) is 23.2. The number of likely N-dealkylation sites (N-methyl/N-ethyl adjacent to an activating group) is 1. The largest absolute Gasteiger partial charge is 0.445 e. The number of amides is 4. The fourth-order valence-electron chi connectivity index (χ4n) is 5.51. The monoisotopic (exact) mass is 545 g/mol. The van der Waals surface area contributed by atoms with Crippen LogP contribution in [0.5, 0.6) is 0 Å². The summed E-state index contributed by atoms with van der Waals surface area (Å²) in [5, 5.41) is 15.4. The van der Waals surface area contributed by atoms with Gasteiger partial charge in [-0.05, 0) is 36.5 Å². The molecular formula is C30H35N5O5. The number of hydrogen-bond donors (Lipinski definition) is 2. The van der Waals surface area contributed by atoms with E-state index < -0.39 is 41.4 Å². The van der Waals surface area contributed by atoms with E-state index in [9.17, 15) is 24.4 Å². The van der Waals surface area contributed by atoms with Gasteiger partial charge in [-0.3, -0.25) is 14.4 Å². The van der Waals surface area contributed by atoms with E-state index in [-0.39, 0.29) is 31.4 Å². The van der Waals surface area contributed by atoms with Gasteiger partial charge in [0.2, 0.25) is 17.7 Å². The number of nitrogens with zero attached hydrogens (tertiary/aromatic N) is 3. The average Bonchev–Trinajstić information content (AvgIpc) is 3.47. The van der Waals surface area contributed by atoms with Crippen molar-refractivity contribution in [1.29, 1.82) is 5.26 Å². The molecule has 4 rings (SSSR count). The Morgan fingerprint density at radius 2 is 1.82 bits per heavy atom. The van der Waals surface area contributed by atoms with E-state index in [1.54, 1.807) is 6.07 Å². The van der Waals surface area contributed by atoms with Gasteiger partial charge in [-0.2, -0.15) is 5.26 Å². The van der Waals surface area contributed by atoms with Gasteiger partial charge in [-0.25, -0.2) is 4.79 Å². The fourth-order valence-corrected chi connectivity index (χ4v) is 5.51. The predicted molar refractivity (Wildman–Crippen MR) is 148 cm³/mol. The minimum absolute atomic E-state index is 0.0448. The molecule has 2 heterocycles. The molecule has 10 nitrogen and oxygen atoms in total. The van der Waals surface area contributed by atoms with Crippen LogP contribution in [0.15, 0.2) is 54.6 Å². The van der Waals surface area contributed by atoms with Crippen molar-refractivity contribution in [2.75, 3.05) is 18.9 Å². The van der Waals surface area contributed by atoms with Crippen LogP contribution in [0.25, 0.3) is 0 Å². The molecule has 1 fully saturated rings. The second kappa shape index (κ2) is 11.8. The zero-order chi connectivity index (χ0) is 29.0. The molecule has 4 amide bonds. The molecule has 0 saturated carbocycles. The molecule has 4 atom stereocenters. The number of fused-ring (bicyclic) bond motifs is 2. The Labute approximate surface area is 234 Å². The Kier molecular flexibility index (Phi) is 8.43. The highest BCUT2D eigenvalue weighted by Gasteiger charge is 2.56. The van der Waals surface area contributed by atoms with Crippen molar-refractivity contribution in [1.82, 2.24) is 15.1 Å². The number of nitrogens with one attached hydrogen (secondary N) is 2. The van der Waals surface area contributed by atoms with Gasteiger partial charge in [0.15, 0.2) is 0 Å². The van der Waals surface area contributed by atoms with Crippen LogP contribution in [0, 0.1) is 17.2 Å². The van der Waals surface area contributed by atoms with E-state index in [1.807, 2.05) is 62.4 Å². The number of ether oxygens (including phenoxy) is 1. The van der Waals surface area contributed by atoms with Crippen LogP contribution in [0.3, 0.4) is 0 Å². The summed E-state index contributed by atoms with van der Waals surface area (Å²) in [7, 11) is 1.52. The van der Waals surface area contributed by atoms with Crippen molar-refractivity contribution in [3.05, 3.63) is 65.7 Å². The van der Waals surface area contributed by atoms with Crippen LogP contribution in [-0.2, 0) is 31.1 Å². The van der Waals surface area contributed by atoms with Gasteiger partial charge in [0.25, 0.3) is 0 Å². The Balaban J connectivity index is 1.48. The first-order chi connectivity index (χ1) is 19.1. The van der Waals surface area contributed by atoms with Crippen LogP contribution < -0.4 is 10.6 Å². The molecular weight excluding hydrogens is 510 g/mol. The number of rotatable bonds is 8. The lowest BCUT2D eigenvalue weighted by Crippen LogP contribution is -2.55. The van der Waals surface area contributed by atoms with Gasteiger partial charge in [0, 0.05) is 25.7 Å². The lowest BCUT2D eigenvalue weighted by atomic mass is 9.80. The summed E-state index contributed by atoms with van der Waals surface area (Å²) in [6.07, 6.45) is -0.228. The molecule has 2 aromatic carbocycles. The maximum atomic E-state index is 14.0. The van der Waals surface area contributed by atoms with E-state index in [4.69, 9.17) is 4.74 Å². The van der Waals surface area contributed by atoms with Crippen molar-refractivity contribution in [2.24, 2.45) is 5.92 Å². The Morgan fingerprint density at radius 1 is 1.15 bits per heavy atom. The van der Waals surface area contributed by atoms with Crippen LogP contribution in [-0.4, -0.2) is 65.3 Å². The molecule has 0 radical (unpaired) electrons. The molecule has 10 heteroatoms. The second-order valence-electron chi connectivity index (χ2n) is 10.9. The zero-order valence-corrected chi connectivity index (χ0v) is 23.2. The van der Waals surface area contributed by atoms with Crippen LogP contribution in [0.4, 0.5) is 10.5 Å². The van der Waals surface area contributed by atoms with Gasteiger partial charge in [-0.1, -0.05) is 62.4 Å². The number of nitriles is 1. The summed E-state index contributed by atoms with van der Waals surface area (Å²) in [6, 6.07) is 16.0. The third-order valence-corrected chi connectivity index (χ3v) is 7.63. The molecule has 2 aliphatic rings. The van der Waals surface area contributed by atoms with Gasteiger partial charge in [-0.15, -0.1) is 0 Å². The lowest BCUT2D eigenvalue weighted by molar-refractivity contribution is -0.146. The van der Waals surface area contributed by atoms with Crippen LogP contribution in [0.1, 0.15) is 44.7 Å². The third kappa shape index (κ3) is 5.64. The summed E-state index contributed by atoms with van der Waals surface area (Å²) >= 11 is 0. The first-order valence-electron chi connectivity index (χ1n) is 13.4. The normalized spacial score (nSPS) is 20.9. The summed E-state index contributed by atoms with van der Waals surface area (Å²) in [6.45, 7) is 5.51. The molecule has 0 bridgehead atoms. The standard InChI is InChI=1S/C30H35N5O5/c1-19(2)14-25(34(4)26(36)20(3)32-29(39)40-17-21-10-6-5-7-11-21)27(37)35-18-30(15-22(35)16-31)23-12-8-9-13-24(23)33-28(30)38/h5-13,19-20,22,25H,14-15,17-18H2,1-4H3,(H,32,39)(H,33,38)/t20-,22-,25-,30-/m0/s1. The Bertz CT molecular complexity index is 1320. The van der Waals surface area contributed by atoms with Gasteiger partial charge < -0.3 is 25.2 Å². The SMILES string of the molecule is CC(C)C[C@@H](C(=O)N1C[C@]2(C[C@H]1C#N)C(=O)Nc1ccccc12)N(C)C(=O)[C@H](C)NC(=O)OCc1ccccc1. The summed E-state index contributed by atoms with van der Waals surface area (Å²) in [4.78, 5) is 55.6. The van der Waals surface area contributed by atoms with Gasteiger partial charge in [0.05, 0.1) is 11.5 Å². The Morgan fingerprint density at radius 3 is 2.50 bits per heavy atom. The van der Waals surface area contributed by atoms with E-state index >= 15 is 0 Å². The van der Waals surface area contributed by atoms with Gasteiger partial charge >= 0.3 is 6.09 Å². The molecule has 1 spiro atoms. The minimum atomic E-state index is -1.02. The number of carbonyl (C=O) groups is 4. The van der Waals surface area contributed by atoms with Gasteiger partial charge in [0.1, 0.15) is 24.7 Å². The highest BCUT2D eigenvalue weighted by Crippen LogP contribution is 2.46. The Hall–Kier alpha value is -4.39. The number of benzene rings is 2. The molecule has 40 heavy (non-hydrogen) atoms. The summed E-state index contributed by atoms with van der Waals surface area (Å²) in [5.41, 5.74) is 1.25. The maximum absolute atomic E-state index is 14.0. The first-order valence-corrected chi connectivity index (χ1v) is 13.4. The molecule has 2 aromatic rings.